The molecule has 2 N–H and O–H groups in total. The van der Waals surface area contributed by atoms with Gasteiger partial charge in [-0.1, -0.05) is 6.42 Å². The quantitative estimate of drug-likeness (QED) is 0.713. The maximum atomic E-state index is 12.0. The summed E-state index contributed by atoms with van der Waals surface area (Å²) < 4.78 is 0. The van der Waals surface area contributed by atoms with E-state index in [1.807, 2.05) is 0 Å². The van der Waals surface area contributed by atoms with Gasteiger partial charge >= 0.3 is 6.03 Å². The molecule has 3 amide bonds. The van der Waals surface area contributed by atoms with Crippen molar-refractivity contribution < 1.29 is 14.7 Å². The molecule has 0 aromatic heterocycles. The summed E-state index contributed by atoms with van der Waals surface area (Å²) in [4.78, 5) is 27.0. The second kappa shape index (κ2) is 5.46. The van der Waals surface area contributed by atoms with E-state index < -0.39 is 17.7 Å². The zero-order valence-corrected chi connectivity index (χ0v) is 11.7. The number of piperidine rings is 1. The van der Waals surface area contributed by atoms with E-state index in [9.17, 15) is 14.7 Å². The highest BCUT2D eigenvalue weighted by molar-refractivity contribution is 6.06. The number of aliphatic hydroxyl groups is 1. The molecule has 0 saturated carbocycles. The number of hydrogen-bond acceptors (Lipinski definition) is 4. The third-order valence-electron chi connectivity index (χ3n) is 3.76. The highest BCUT2D eigenvalue weighted by Gasteiger charge is 2.44. The third-order valence-corrected chi connectivity index (χ3v) is 3.76. The molecule has 6 nitrogen and oxygen atoms in total. The lowest BCUT2D eigenvalue weighted by Gasteiger charge is -2.29. The monoisotopic (exact) mass is 269 g/mol. The molecule has 2 aliphatic heterocycles. The van der Waals surface area contributed by atoms with Crippen molar-refractivity contribution in [2.45, 2.75) is 44.8 Å². The Bertz CT molecular complexity index is 364. The van der Waals surface area contributed by atoms with Crippen molar-refractivity contribution in [3.8, 4) is 0 Å². The van der Waals surface area contributed by atoms with Crippen molar-refractivity contribution in [2.75, 3.05) is 26.2 Å². The number of urea groups is 1. The van der Waals surface area contributed by atoms with Gasteiger partial charge in [-0.2, -0.15) is 0 Å². The van der Waals surface area contributed by atoms with E-state index >= 15 is 0 Å². The fraction of sp³-hybridized carbons (Fsp3) is 0.846. The van der Waals surface area contributed by atoms with Crippen LogP contribution in [0.25, 0.3) is 0 Å². The summed E-state index contributed by atoms with van der Waals surface area (Å²) in [5.74, 6) is -0.268. The van der Waals surface area contributed by atoms with Crippen LogP contribution in [0.15, 0.2) is 0 Å². The molecule has 2 saturated heterocycles. The van der Waals surface area contributed by atoms with Gasteiger partial charge in [0.2, 0.25) is 0 Å². The molecular formula is C13H23N3O3. The van der Waals surface area contributed by atoms with Crippen LogP contribution < -0.4 is 5.32 Å². The van der Waals surface area contributed by atoms with E-state index in [1.54, 1.807) is 13.8 Å². The molecule has 1 atom stereocenters. The van der Waals surface area contributed by atoms with Crippen molar-refractivity contribution in [1.29, 1.82) is 0 Å². The van der Waals surface area contributed by atoms with Gasteiger partial charge in [-0.05, 0) is 39.8 Å². The van der Waals surface area contributed by atoms with Crippen molar-refractivity contribution in [2.24, 2.45) is 0 Å². The number of amides is 3. The van der Waals surface area contributed by atoms with Gasteiger partial charge in [0.05, 0.1) is 12.6 Å². The highest BCUT2D eigenvalue weighted by atomic mass is 16.3. The zero-order valence-electron chi connectivity index (χ0n) is 11.7. The first-order chi connectivity index (χ1) is 8.90. The molecule has 0 bridgehead atoms. The number of rotatable bonds is 4. The molecular weight excluding hydrogens is 246 g/mol. The summed E-state index contributed by atoms with van der Waals surface area (Å²) >= 11 is 0. The lowest BCUT2D eigenvalue weighted by atomic mass is 10.1. The molecule has 2 heterocycles. The number of nitrogens with zero attached hydrogens (tertiary/aromatic N) is 2. The number of hydrogen-bond donors (Lipinski definition) is 2. The van der Waals surface area contributed by atoms with Gasteiger partial charge < -0.3 is 15.3 Å². The predicted octanol–water partition coefficient (Wildman–Crippen LogP) is 0.164. The summed E-state index contributed by atoms with van der Waals surface area (Å²) in [7, 11) is 0. The summed E-state index contributed by atoms with van der Waals surface area (Å²) in [6, 6.07) is -0.410. The number of β-amino-alcohol motifs (C(OH)–C–C–N with tert-alkyl or cyclic N) is 1. The fourth-order valence-corrected chi connectivity index (χ4v) is 2.69. The second-order valence-corrected chi connectivity index (χ2v) is 5.99. The number of carbonyl (C=O) groups excluding carboxylic acids is 2. The maximum absolute atomic E-state index is 12.0. The van der Waals surface area contributed by atoms with Crippen LogP contribution >= 0.6 is 0 Å². The summed E-state index contributed by atoms with van der Waals surface area (Å²) in [5, 5.41) is 12.7. The van der Waals surface area contributed by atoms with Crippen molar-refractivity contribution in [3.05, 3.63) is 0 Å². The molecule has 0 aliphatic carbocycles. The Balaban J connectivity index is 1.86. The number of nitrogens with one attached hydrogen (secondary N) is 1. The van der Waals surface area contributed by atoms with Crippen molar-refractivity contribution in [1.82, 2.24) is 15.1 Å². The van der Waals surface area contributed by atoms with Crippen LogP contribution in [0.5, 0.6) is 0 Å². The zero-order chi connectivity index (χ0) is 14.0. The smallest absolute Gasteiger partial charge is 0.325 e. The average molecular weight is 269 g/mol. The SMILES string of the molecule is CC1(C)NC(=O)N(C[C@@H](O)CN2CCCCC2)C1=O. The normalized spacial score (nSPS) is 25.5. The summed E-state index contributed by atoms with van der Waals surface area (Å²) in [6.45, 7) is 5.92. The molecule has 2 fully saturated rings. The number of aliphatic hydroxyl groups excluding tert-OH is 1. The minimum atomic E-state index is -0.859. The fourth-order valence-electron chi connectivity index (χ4n) is 2.69. The van der Waals surface area contributed by atoms with Crippen molar-refractivity contribution in [3.63, 3.8) is 0 Å². The largest absolute Gasteiger partial charge is 0.390 e. The van der Waals surface area contributed by atoms with E-state index in [1.165, 1.54) is 6.42 Å². The first-order valence-corrected chi connectivity index (χ1v) is 6.95. The first kappa shape index (κ1) is 14.3. The van der Waals surface area contributed by atoms with Crippen molar-refractivity contribution >= 4 is 11.9 Å². The Labute approximate surface area is 113 Å². The van der Waals surface area contributed by atoms with Crippen LogP contribution in [0.3, 0.4) is 0 Å². The van der Waals surface area contributed by atoms with Gasteiger partial charge in [-0.3, -0.25) is 9.69 Å². The first-order valence-electron chi connectivity index (χ1n) is 6.95. The highest BCUT2D eigenvalue weighted by Crippen LogP contribution is 2.17. The summed E-state index contributed by atoms with van der Waals surface area (Å²) in [6.07, 6.45) is 2.88. The van der Waals surface area contributed by atoms with Gasteiger partial charge in [0, 0.05) is 6.54 Å². The molecule has 0 unspecified atom stereocenters. The number of carbonyl (C=O) groups is 2. The molecule has 6 heteroatoms. The Kier molecular flexibility index (Phi) is 4.10. The second-order valence-electron chi connectivity index (χ2n) is 5.99. The Morgan fingerprint density at radius 1 is 1.21 bits per heavy atom. The summed E-state index contributed by atoms with van der Waals surface area (Å²) in [5.41, 5.74) is -0.859. The minimum absolute atomic E-state index is 0.0740. The lowest BCUT2D eigenvalue weighted by molar-refractivity contribution is -0.131. The molecule has 19 heavy (non-hydrogen) atoms. The molecule has 2 aliphatic rings. The van der Waals surface area contributed by atoms with E-state index in [-0.39, 0.29) is 12.5 Å². The van der Waals surface area contributed by atoms with Gasteiger partial charge in [0.1, 0.15) is 5.54 Å². The minimum Gasteiger partial charge on any atom is -0.390 e. The molecule has 0 spiro atoms. The van der Waals surface area contributed by atoms with Crippen LogP contribution in [0.1, 0.15) is 33.1 Å². The van der Waals surface area contributed by atoms with Crippen LogP contribution in [-0.4, -0.2) is 64.7 Å². The molecule has 0 radical (unpaired) electrons. The van der Waals surface area contributed by atoms with Gasteiger partial charge in [-0.25, -0.2) is 4.79 Å². The van der Waals surface area contributed by atoms with Crippen LogP contribution in [0, 0.1) is 0 Å². The number of imide groups is 1. The molecule has 0 aromatic rings. The van der Waals surface area contributed by atoms with E-state index in [4.69, 9.17) is 0 Å². The Morgan fingerprint density at radius 2 is 1.84 bits per heavy atom. The Hall–Kier alpha value is -1.14. The molecule has 108 valence electrons. The van der Waals surface area contributed by atoms with Crippen LogP contribution in [-0.2, 0) is 4.79 Å². The van der Waals surface area contributed by atoms with Gasteiger partial charge in [0.15, 0.2) is 0 Å². The molecule has 0 aromatic carbocycles. The average Bonchev–Trinajstić information content (AvgIpc) is 2.53. The maximum Gasteiger partial charge on any atom is 0.325 e. The third kappa shape index (κ3) is 3.25. The van der Waals surface area contributed by atoms with E-state index in [0.717, 1.165) is 30.8 Å². The Morgan fingerprint density at radius 3 is 2.37 bits per heavy atom. The predicted molar refractivity (Wildman–Crippen MR) is 70.6 cm³/mol. The van der Waals surface area contributed by atoms with Crippen LogP contribution in [0.2, 0.25) is 0 Å². The number of likely N-dealkylation sites (tertiary alicyclic amines) is 1. The topological polar surface area (TPSA) is 72.9 Å². The lowest BCUT2D eigenvalue weighted by Crippen LogP contribution is -2.45. The van der Waals surface area contributed by atoms with Crippen LogP contribution in [0.4, 0.5) is 4.79 Å². The van der Waals surface area contributed by atoms with E-state index in [0.29, 0.717) is 6.54 Å². The van der Waals surface area contributed by atoms with E-state index in [2.05, 4.69) is 10.2 Å². The standard InChI is InChI=1S/C13H23N3O3/c1-13(2)11(18)16(12(19)14-13)9-10(17)8-15-6-4-3-5-7-15/h10,17H,3-9H2,1-2H3,(H,14,19)/t10-/m0/s1. The molecule has 2 rings (SSSR count). The van der Waals surface area contributed by atoms with Gasteiger partial charge in [-0.15, -0.1) is 0 Å². The van der Waals surface area contributed by atoms with Gasteiger partial charge in [0.25, 0.3) is 5.91 Å².